The van der Waals surface area contributed by atoms with Gasteiger partial charge in [0.25, 0.3) is 0 Å². The Hall–Kier alpha value is -5.17. The first-order chi connectivity index (χ1) is 26.9. The highest BCUT2D eigenvalue weighted by Gasteiger charge is 2.41. The summed E-state index contributed by atoms with van der Waals surface area (Å²) in [6.07, 6.45) is -3.35. The Morgan fingerprint density at radius 1 is 0.789 bits per heavy atom. The van der Waals surface area contributed by atoms with Crippen LogP contribution < -0.4 is 49.1 Å². The smallest absolute Gasteiger partial charge is 0.305 e. The van der Waals surface area contributed by atoms with Crippen molar-refractivity contribution in [2.45, 2.75) is 68.0 Å². The Labute approximate surface area is 337 Å². The van der Waals surface area contributed by atoms with E-state index in [0.717, 1.165) is 26.5 Å². The van der Waals surface area contributed by atoms with Crippen LogP contribution in [0.5, 0.6) is 0 Å². The zero-order valence-corrected chi connectivity index (χ0v) is 32.5. The fourth-order valence-electron chi connectivity index (χ4n) is 5.48. The maximum Gasteiger partial charge on any atom is 0.305 e. The Balaban J connectivity index is 1.92. The molecular weight excluding hydrogens is 816 g/mol. The highest BCUT2D eigenvalue weighted by molar-refractivity contribution is 8.76. The number of aliphatic hydroxyl groups is 1. The van der Waals surface area contributed by atoms with Crippen molar-refractivity contribution in [1.29, 1.82) is 0 Å². The van der Waals surface area contributed by atoms with E-state index in [1.807, 2.05) is 0 Å². The maximum absolute atomic E-state index is 13.5. The Morgan fingerprint density at radius 2 is 1.40 bits per heavy atom. The summed E-state index contributed by atoms with van der Waals surface area (Å²) >= 11 is 6.28. The van der Waals surface area contributed by atoms with E-state index in [1.165, 1.54) is 6.07 Å². The molecule has 9 amide bonds. The molecule has 2 aliphatic rings. The third kappa shape index (κ3) is 14.7. The highest BCUT2D eigenvalue weighted by atomic mass is 35.5. The molecule has 0 unspecified atom stereocenters. The molecule has 57 heavy (non-hydrogen) atoms. The molecule has 3 rings (SSSR count). The number of aliphatic hydroxyl groups excluding tert-OH is 1. The summed E-state index contributed by atoms with van der Waals surface area (Å²) in [5.74, 6) is -10.6. The highest BCUT2D eigenvalue weighted by Crippen LogP contribution is 2.23. The lowest BCUT2D eigenvalue weighted by molar-refractivity contribution is -0.141. The first kappa shape index (κ1) is 46.2. The van der Waals surface area contributed by atoms with Crippen molar-refractivity contribution in [3.05, 3.63) is 34.9 Å². The molecule has 0 radical (unpaired) electrons. The van der Waals surface area contributed by atoms with Gasteiger partial charge in [0.1, 0.15) is 30.2 Å². The van der Waals surface area contributed by atoms with E-state index in [0.29, 0.717) is 5.56 Å². The predicted octanol–water partition coefficient (Wildman–Crippen LogP) is -5.43. The van der Waals surface area contributed by atoms with Crippen molar-refractivity contribution in [2.24, 2.45) is 17.2 Å². The number of carboxylic acids is 1. The normalized spacial score (nSPS) is 26.8. The maximum atomic E-state index is 13.5. The molecule has 0 aliphatic carbocycles. The molecule has 2 heterocycles. The molecule has 7 atom stereocenters. The lowest BCUT2D eigenvalue weighted by atomic mass is 10.0. The number of amides is 9. The molecule has 25 heteroatoms. The largest absolute Gasteiger partial charge is 0.481 e. The van der Waals surface area contributed by atoms with Gasteiger partial charge in [-0.15, -0.1) is 0 Å². The van der Waals surface area contributed by atoms with Crippen LogP contribution in [0.3, 0.4) is 0 Å². The SMILES string of the molecule is NC(=O)C[C@@H]1NC(=O)[C@@H]2C[C@@H](O)CN2C(=O)CNC(=O)[C@H](Cc2ccccc2Cl)NC(=O)CNC(=O)[C@@H](CC(=O)O)NC(=O)[C@H](N)CSSC[C@H](C(N)=O)NC1=O. The minimum atomic E-state index is -1.69. The lowest BCUT2D eigenvalue weighted by Crippen LogP contribution is -2.58. The number of benzene rings is 1. The molecule has 0 spiro atoms. The van der Waals surface area contributed by atoms with Gasteiger partial charge in [-0.25, -0.2) is 0 Å². The zero-order chi connectivity index (χ0) is 42.4. The average molecular weight is 859 g/mol. The van der Waals surface area contributed by atoms with Crippen LogP contribution in [0, 0.1) is 0 Å². The third-order valence-electron chi connectivity index (χ3n) is 8.38. The van der Waals surface area contributed by atoms with Gasteiger partial charge >= 0.3 is 5.97 Å². The number of carboxylic acid groups (broad SMARTS) is 1. The number of rotatable bonds is 7. The topological polar surface area (TPSA) is 365 Å². The molecule has 1 aromatic carbocycles. The zero-order valence-electron chi connectivity index (χ0n) is 30.1. The molecule has 312 valence electrons. The number of carbonyl (C=O) groups is 10. The number of aliphatic carboxylic acids is 1. The first-order valence-corrected chi connectivity index (χ1v) is 20.0. The molecule has 2 saturated heterocycles. The molecule has 0 saturated carbocycles. The van der Waals surface area contributed by atoms with Crippen LogP contribution >= 0.6 is 33.2 Å². The number of hydrogen-bond acceptors (Lipinski definition) is 14. The number of nitrogens with zero attached hydrogens (tertiary/aromatic N) is 1. The molecule has 0 bridgehead atoms. The summed E-state index contributed by atoms with van der Waals surface area (Å²) < 4.78 is 0. The van der Waals surface area contributed by atoms with E-state index < -0.39 is 127 Å². The molecule has 2 fully saturated rings. The summed E-state index contributed by atoms with van der Waals surface area (Å²) in [5.41, 5.74) is 17.1. The second kappa shape index (κ2) is 21.9. The summed E-state index contributed by atoms with van der Waals surface area (Å²) in [7, 11) is 1.88. The van der Waals surface area contributed by atoms with E-state index in [2.05, 4.69) is 31.9 Å². The van der Waals surface area contributed by atoms with Gasteiger partial charge in [0.2, 0.25) is 53.2 Å². The lowest BCUT2D eigenvalue weighted by Gasteiger charge is -2.27. The summed E-state index contributed by atoms with van der Waals surface area (Å²) in [4.78, 5) is 129. The van der Waals surface area contributed by atoms with Crippen molar-refractivity contribution in [3.63, 3.8) is 0 Å². The number of primary amides is 2. The summed E-state index contributed by atoms with van der Waals surface area (Å²) in [5, 5.41) is 33.8. The third-order valence-corrected chi connectivity index (χ3v) is 11.2. The predicted molar refractivity (Wildman–Crippen MR) is 203 cm³/mol. The molecule has 2 aliphatic heterocycles. The Morgan fingerprint density at radius 3 is 2.05 bits per heavy atom. The van der Waals surface area contributed by atoms with Crippen LogP contribution in [0.15, 0.2) is 24.3 Å². The fourth-order valence-corrected chi connectivity index (χ4v) is 7.99. The van der Waals surface area contributed by atoms with Gasteiger partial charge in [-0.2, -0.15) is 0 Å². The Bertz CT molecular complexity index is 1740. The number of hydrogen-bond donors (Lipinski definition) is 11. The van der Waals surface area contributed by atoms with Crippen molar-refractivity contribution >= 4 is 92.3 Å². The van der Waals surface area contributed by atoms with Gasteiger partial charge in [-0.3, -0.25) is 47.9 Å². The summed E-state index contributed by atoms with van der Waals surface area (Å²) in [6.45, 7) is -1.89. The van der Waals surface area contributed by atoms with Crippen LogP contribution in [0.2, 0.25) is 5.02 Å². The minimum absolute atomic E-state index is 0.155. The minimum Gasteiger partial charge on any atom is -0.481 e. The molecule has 0 aromatic heterocycles. The van der Waals surface area contributed by atoms with Crippen LogP contribution in [0.4, 0.5) is 0 Å². The van der Waals surface area contributed by atoms with Crippen LogP contribution in [-0.2, 0) is 54.4 Å². The number of nitrogens with one attached hydrogen (secondary N) is 6. The second-order valence-electron chi connectivity index (χ2n) is 12.8. The van der Waals surface area contributed by atoms with Gasteiger partial charge in [-0.05, 0) is 11.6 Å². The number of halogens is 1. The van der Waals surface area contributed by atoms with Gasteiger partial charge in [0.05, 0.1) is 38.1 Å². The number of nitrogens with two attached hydrogens (primary N) is 3. The number of carbonyl (C=O) groups excluding carboxylic acids is 9. The fraction of sp³-hybridized carbons (Fsp3) is 0.500. The van der Waals surface area contributed by atoms with Crippen molar-refractivity contribution in [1.82, 2.24) is 36.8 Å². The average Bonchev–Trinajstić information content (AvgIpc) is 3.54. The standard InChI is InChI=1S/C32H43ClN10O12S2/c33-16-4-2-1-3-14(16)5-18-29(52)38-10-25(47)43-11-15(44)6-22(43)32(55)41-19(7-23(35)45)31(54)42-21(27(36)50)13-57-56-12-17(34)28(51)40-20(8-26(48)49)30(53)37-9-24(46)39-18/h1-4,15,17-22,44H,5-13,34H2,(H2,35,45)(H2,36,50)(H,37,53)(H,38,52)(H,39,46)(H,40,51)(H,41,55)(H,42,54)(H,48,49)/t15-,17-,18+,19+,20-,21-,22+/m1/s1. The number of fused-ring (bicyclic) bond motifs is 1. The monoisotopic (exact) mass is 858 g/mol. The van der Waals surface area contributed by atoms with Gasteiger partial charge in [0.15, 0.2) is 0 Å². The second-order valence-corrected chi connectivity index (χ2v) is 15.8. The van der Waals surface area contributed by atoms with E-state index >= 15 is 0 Å². The molecule has 14 N–H and O–H groups in total. The van der Waals surface area contributed by atoms with E-state index in [-0.39, 0.29) is 35.9 Å². The van der Waals surface area contributed by atoms with E-state index in [4.69, 9.17) is 28.8 Å². The van der Waals surface area contributed by atoms with Gasteiger partial charge in [-0.1, -0.05) is 51.4 Å². The van der Waals surface area contributed by atoms with Crippen molar-refractivity contribution < 1.29 is 58.2 Å². The summed E-state index contributed by atoms with van der Waals surface area (Å²) in [6, 6.07) is -2.52. The van der Waals surface area contributed by atoms with E-state index in [9.17, 15) is 58.2 Å². The Kier molecular flexibility index (Phi) is 17.8. The molecule has 22 nitrogen and oxygen atoms in total. The van der Waals surface area contributed by atoms with E-state index in [1.54, 1.807) is 18.2 Å². The molecule has 1 aromatic rings. The van der Waals surface area contributed by atoms with Gasteiger partial charge < -0.3 is 64.2 Å². The van der Waals surface area contributed by atoms with Crippen LogP contribution in [0.1, 0.15) is 24.8 Å². The quantitative estimate of drug-likeness (QED) is 0.114. The molecular formula is C32H43ClN10O12S2. The first-order valence-electron chi connectivity index (χ1n) is 17.1. The van der Waals surface area contributed by atoms with Crippen molar-refractivity contribution in [3.8, 4) is 0 Å². The van der Waals surface area contributed by atoms with Crippen LogP contribution in [0.25, 0.3) is 0 Å². The van der Waals surface area contributed by atoms with Gasteiger partial charge in [0, 0.05) is 35.9 Å². The van der Waals surface area contributed by atoms with Crippen molar-refractivity contribution in [2.75, 3.05) is 31.1 Å². The van der Waals surface area contributed by atoms with Crippen LogP contribution in [-0.4, -0.2) is 148 Å².